The average Bonchev–Trinajstić information content (AvgIpc) is 3.05. The molecule has 0 aliphatic heterocycles. The summed E-state index contributed by atoms with van der Waals surface area (Å²) in [7, 11) is 1.60. The van der Waals surface area contributed by atoms with E-state index >= 15 is 0 Å². The Morgan fingerprint density at radius 2 is 2.12 bits per heavy atom. The van der Waals surface area contributed by atoms with Crippen molar-refractivity contribution >= 4 is 27.7 Å². The SMILES string of the molecule is CCN(C(=O)c1nnn(-c2cccc(OC)c2)c1C)c1ccc(Br)cn1. The third-order valence-electron chi connectivity index (χ3n) is 3.94. The van der Waals surface area contributed by atoms with E-state index in [0.717, 1.165) is 10.2 Å². The summed E-state index contributed by atoms with van der Waals surface area (Å²) in [5, 5.41) is 8.25. The number of benzene rings is 1. The molecule has 3 rings (SSSR count). The third-order valence-corrected chi connectivity index (χ3v) is 4.41. The van der Waals surface area contributed by atoms with Gasteiger partial charge in [-0.2, -0.15) is 0 Å². The summed E-state index contributed by atoms with van der Waals surface area (Å²) in [6.45, 7) is 4.18. The van der Waals surface area contributed by atoms with E-state index in [4.69, 9.17) is 4.74 Å². The van der Waals surface area contributed by atoms with Gasteiger partial charge < -0.3 is 4.74 Å². The number of nitrogens with zero attached hydrogens (tertiary/aromatic N) is 5. The number of pyridine rings is 1. The number of hydrogen-bond acceptors (Lipinski definition) is 5. The number of halogens is 1. The van der Waals surface area contributed by atoms with Crippen LogP contribution >= 0.6 is 15.9 Å². The molecule has 1 amide bonds. The van der Waals surface area contributed by atoms with Crippen molar-refractivity contribution < 1.29 is 9.53 Å². The Morgan fingerprint density at radius 1 is 1.31 bits per heavy atom. The van der Waals surface area contributed by atoms with Crippen molar-refractivity contribution in [3.05, 3.63) is 58.5 Å². The monoisotopic (exact) mass is 415 g/mol. The fourth-order valence-electron chi connectivity index (χ4n) is 2.58. The summed E-state index contributed by atoms with van der Waals surface area (Å²) in [5.41, 5.74) is 1.72. The van der Waals surface area contributed by atoms with Gasteiger partial charge in [0.15, 0.2) is 5.69 Å². The molecule has 0 aliphatic carbocycles. The van der Waals surface area contributed by atoms with Crippen LogP contribution in [0.1, 0.15) is 23.1 Å². The summed E-state index contributed by atoms with van der Waals surface area (Å²) < 4.78 is 7.72. The predicted octanol–water partition coefficient (Wildman–Crippen LogP) is 3.41. The first-order valence-electron chi connectivity index (χ1n) is 8.05. The Kier molecular flexibility index (Phi) is 5.32. The van der Waals surface area contributed by atoms with Crippen molar-refractivity contribution in [2.75, 3.05) is 18.6 Å². The lowest BCUT2D eigenvalue weighted by atomic mass is 10.2. The molecule has 26 heavy (non-hydrogen) atoms. The molecule has 0 aliphatic rings. The number of rotatable bonds is 5. The smallest absolute Gasteiger partial charge is 0.281 e. The molecule has 2 heterocycles. The molecule has 0 fully saturated rings. The molecule has 0 unspecified atom stereocenters. The molecule has 2 aromatic heterocycles. The molecular weight excluding hydrogens is 398 g/mol. The molecule has 0 saturated heterocycles. The first-order chi connectivity index (χ1) is 12.5. The minimum atomic E-state index is -0.242. The zero-order valence-corrected chi connectivity index (χ0v) is 16.3. The lowest BCUT2D eigenvalue weighted by Crippen LogP contribution is -2.32. The zero-order chi connectivity index (χ0) is 18.7. The van der Waals surface area contributed by atoms with Gasteiger partial charge in [-0.3, -0.25) is 9.69 Å². The normalized spacial score (nSPS) is 10.6. The van der Waals surface area contributed by atoms with Crippen LogP contribution in [0.25, 0.3) is 5.69 Å². The van der Waals surface area contributed by atoms with Crippen LogP contribution in [0, 0.1) is 6.92 Å². The van der Waals surface area contributed by atoms with Crippen LogP contribution in [0.3, 0.4) is 0 Å². The van der Waals surface area contributed by atoms with Crippen molar-refractivity contribution in [1.82, 2.24) is 20.0 Å². The van der Waals surface area contributed by atoms with Crippen molar-refractivity contribution in [3.8, 4) is 11.4 Å². The number of amides is 1. The number of hydrogen-bond donors (Lipinski definition) is 0. The summed E-state index contributed by atoms with van der Waals surface area (Å²) in [6.07, 6.45) is 1.66. The summed E-state index contributed by atoms with van der Waals surface area (Å²) in [5.74, 6) is 1.03. The van der Waals surface area contributed by atoms with Crippen LogP contribution in [0.4, 0.5) is 5.82 Å². The minimum absolute atomic E-state index is 0.242. The van der Waals surface area contributed by atoms with Crippen molar-refractivity contribution in [2.45, 2.75) is 13.8 Å². The Morgan fingerprint density at radius 3 is 2.77 bits per heavy atom. The summed E-state index contributed by atoms with van der Waals surface area (Å²) in [6, 6.07) is 11.1. The van der Waals surface area contributed by atoms with E-state index in [1.165, 1.54) is 0 Å². The van der Waals surface area contributed by atoms with E-state index in [0.29, 0.717) is 29.5 Å². The van der Waals surface area contributed by atoms with Gasteiger partial charge in [-0.15, -0.1) is 5.10 Å². The predicted molar refractivity (Wildman–Crippen MR) is 102 cm³/mol. The molecule has 0 bridgehead atoms. The van der Waals surface area contributed by atoms with Gasteiger partial charge in [0, 0.05) is 23.3 Å². The quantitative estimate of drug-likeness (QED) is 0.638. The van der Waals surface area contributed by atoms with Crippen LogP contribution in [-0.2, 0) is 0 Å². The van der Waals surface area contributed by atoms with Gasteiger partial charge in [-0.25, -0.2) is 9.67 Å². The summed E-state index contributed by atoms with van der Waals surface area (Å²) >= 11 is 3.35. The van der Waals surface area contributed by atoms with E-state index in [1.54, 1.807) is 29.0 Å². The highest BCUT2D eigenvalue weighted by atomic mass is 79.9. The average molecular weight is 416 g/mol. The van der Waals surface area contributed by atoms with Gasteiger partial charge in [-0.05, 0) is 54.0 Å². The minimum Gasteiger partial charge on any atom is -0.497 e. The summed E-state index contributed by atoms with van der Waals surface area (Å²) in [4.78, 5) is 18.9. The molecule has 0 atom stereocenters. The molecular formula is C18H18BrN5O2. The zero-order valence-electron chi connectivity index (χ0n) is 14.7. The number of carbonyl (C=O) groups excluding carboxylic acids is 1. The standard InChI is InChI=1S/C18H18BrN5O2/c1-4-23(16-9-8-13(19)11-20-16)18(25)17-12(2)24(22-21-17)14-6-5-7-15(10-14)26-3/h5-11H,4H2,1-3H3. The molecule has 0 radical (unpaired) electrons. The first kappa shape index (κ1) is 18.1. The van der Waals surface area contributed by atoms with Crippen LogP contribution < -0.4 is 9.64 Å². The fourth-order valence-corrected chi connectivity index (χ4v) is 2.81. The van der Waals surface area contributed by atoms with Gasteiger partial charge in [0.25, 0.3) is 5.91 Å². The molecule has 0 N–H and O–H groups in total. The maximum absolute atomic E-state index is 13.0. The van der Waals surface area contributed by atoms with E-state index < -0.39 is 0 Å². The second kappa shape index (κ2) is 7.65. The number of ether oxygens (including phenoxy) is 1. The molecule has 0 saturated carbocycles. The second-order valence-corrected chi connectivity index (χ2v) is 6.44. The van der Waals surface area contributed by atoms with Crippen molar-refractivity contribution in [1.29, 1.82) is 0 Å². The van der Waals surface area contributed by atoms with Crippen LogP contribution in [0.2, 0.25) is 0 Å². The largest absolute Gasteiger partial charge is 0.497 e. The van der Waals surface area contributed by atoms with Crippen molar-refractivity contribution in [2.24, 2.45) is 0 Å². The molecule has 1 aromatic carbocycles. The number of anilines is 1. The third kappa shape index (κ3) is 3.45. The van der Waals surface area contributed by atoms with E-state index in [2.05, 4.69) is 31.2 Å². The fraction of sp³-hybridized carbons (Fsp3) is 0.222. The highest BCUT2D eigenvalue weighted by molar-refractivity contribution is 9.10. The van der Waals surface area contributed by atoms with Crippen molar-refractivity contribution in [3.63, 3.8) is 0 Å². The maximum atomic E-state index is 13.0. The number of carbonyl (C=O) groups is 1. The van der Waals surface area contributed by atoms with Crippen LogP contribution in [-0.4, -0.2) is 39.5 Å². The topological polar surface area (TPSA) is 73.1 Å². The number of aromatic nitrogens is 4. The van der Waals surface area contributed by atoms with E-state index in [1.807, 2.05) is 44.2 Å². The first-order valence-corrected chi connectivity index (χ1v) is 8.84. The lowest BCUT2D eigenvalue weighted by molar-refractivity contribution is 0.0982. The Hall–Kier alpha value is -2.74. The van der Waals surface area contributed by atoms with Crippen LogP contribution in [0.15, 0.2) is 47.1 Å². The molecule has 3 aromatic rings. The highest BCUT2D eigenvalue weighted by Gasteiger charge is 2.24. The second-order valence-electron chi connectivity index (χ2n) is 5.52. The van der Waals surface area contributed by atoms with Gasteiger partial charge in [0.05, 0.1) is 18.5 Å². The van der Waals surface area contributed by atoms with Gasteiger partial charge >= 0.3 is 0 Å². The van der Waals surface area contributed by atoms with E-state index in [9.17, 15) is 4.79 Å². The van der Waals surface area contributed by atoms with Gasteiger partial charge in [0.2, 0.25) is 0 Å². The van der Waals surface area contributed by atoms with E-state index in [-0.39, 0.29) is 5.91 Å². The highest BCUT2D eigenvalue weighted by Crippen LogP contribution is 2.21. The molecule has 8 heteroatoms. The lowest BCUT2D eigenvalue weighted by Gasteiger charge is -2.19. The number of methoxy groups -OCH3 is 1. The maximum Gasteiger partial charge on any atom is 0.281 e. The Labute approximate surface area is 159 Å². The Bertz CT molecular complexity index is 924. The van der Waals surface area contributed by atoms with Gasteiger partial charge in [-0.1, -0.05) is 11.3 Å². The Balaban J connectivity index is 1.95. The molecule has 134 valence electrons. The molecule has 0 spiro atoms. The van der Waals surface area contributed by atoms with Gasteiger partial charge in [0.1, 0.15) is 11.6 Å². The van der Waals surface area contributed by atoms with Crippen LogP contribution in [0.5, 0.6) is 5.75 Å². The molecule has 7 nitrogen and oxygen atoms in total.